The number of aryl methyl sites for hydroxylation is 2. The minimum absolute atomic E-state index is 0. The lowest BCUT2D eigenvalue weighted by atomic mass is 10.2. The van der Waals surface area contributed by atoms with E-state index in [0.29, 0.717) is 0 Å². The molecule has 0 unspecified atom stereocenters. The van der Waals surface area contributed by atoms with Crippen LogP contribution in [0.4, 0.5) is 0 Å². The second-order valence-corrected chi connectivity index (χ2v) is 3.56. The van der Waals surface area contributed by atoms with Crippen LogP contribution in [0.15, 0.2) is 48.8 Å². The van der Waals surface area contributed by atoms with Crippen molar-refractivity contribution in [2.75, 3.05) is 0 Å². The van der Waals surface area contributed by atoms with Crippen molar-refractivity contribution in [3.05, 3.63) is 48.8 Å². The zero-order valence-corrected chi connectivity index (χ0v) is 12.7. The van der Waals surface area contributed by atoms with Crippen LogP contribution in [0.3, 0.4) is 0 Å². The first-order chi connectivity index (χ1) is 6.95. The Morgan fingerprint density at radius 3 is 1.53 bits per heavy atom. The fourth-order valence-electron chi connectivity index (χ4n) is 2.02. The molecule has 92 valence electrons. The second kappa shape index (κ2) is 6.83. The fourth-order valence-corrected chi connectivity index (χ4v) is 2.02. The molecule has 0 spiro atoms. The summed E-state index contributed by atoms with van der Waals surface area (Å²) in [6.07, 6.45) is 4.29. The molecule has 3 rings (SSSR count). The smallest absolute Gasteiger partial charge is 0.277 e. The summed E-state index contributed by atoms with van der Waals surface area (Å²) in [6, 6.07) is 12.7. The first kappa shape index (κ1) is 16.2. The van der Waals surface area contributed by atoms with E-state index >= 15 is 0 Å². The maximum absolute atomic E-state index is 2.30. The molecule has 2 aromatic rings. The van der Waals surface area contributed by atoms with Crippen LogP contribution in [0.25, 0.3) is 11.4 Å². The topological polar surface area (TPSA) is 39.3 Å². The Morgan fingerprint density at radius 2 is 1.12 bits per heavy atom. The van der Waals surface area contributed by atoms with Gasteiger partial charge in [-0.1, -0.05) is 0 Å². The summed E-state index contributed by atoms with van der Waals surface area (Å²) in [5.41, 5.74) is 2.61. The standard InChI is InChI=1S/C12H12N2.2BrH.H2O/c1-3-7-13-9-10-14-8-4-2-6-12(14)11(13)5-1;;;/h1-8H,9-10H2;2*1H;1H2/q+2;;;. The van der Waals surface area contributed by atoms with E-state index in [2.05, 4.69) is 57.9 Å². The van der Waals surface area contributed by atoms with Gasteiger partial charge in [-0.3, -0.25) is 0 Å². The van der Waals surface area contributed by atoms with Gasteiger partial charge in [-0.05, 0) is 12.1 Å². The van der Waals surface area contributed by atoms with Crippen molar-refractivity contribution in [1.82, 2.24) is 0 Å². The van der Waals surface area contributed by atoms with E-state index in [-0.39, 0.29) is 39.4 Å². The molecule has 2 N–H and O–H groups in total. The maximum atomic E-state index is 2.30. The minimum atomic E-state index is 0. The molecule has 0 amide bonds. The molecule has 2 aromatic heterocycles. The molecule has 0 saturated carbocycles. The number of halogens is 2. The van der Waals surface area contributed by atoms with Gasteiger partial charge in [0.25, 0.3) is 11.4 Å². The molecular formula is C12H16Br2N2O+2. The summed E-state index contributed by atoms with van der Waals surface area (Å²) in [5, 5.41) is 0. The van der Waals surface area contributed by atoms with Gasteiger partial charge < -0.3 is 5.48 Å². The highest BCUT2D eigenvalue weighted by atomic mass is 79.9. The lowest BCUT2D eigenvalue weighted by molar-refractivity contribution is -0.794. The molecule has 0 atom stereocenters. The largest absolute Gasteiger partial charge is 0.412 e. The number of hydrogen-bond donors (Lipinski definition) is 0. The number of rotatable bonds is 0. The predicted octanol–water partition coefficient (Wildman–Crippen LogP) is 1.27. The SMILES string of the molecule is Br.Br.O.c1cc[n+]2c(c1)-c1cccc[n+]1CC2. The Hall–Kier alpha value is -0.780. The number of pyridine rings is 2. The Balaban J connectivity index is 0.000000853. The monoisotopic (exact) mass is 362 g/mol. The number of nitrogens with zero attached hydrogens (tertiary/aromatic N) is 2. The van der Waals surface area contributed by atoms with Crippen LogP contribution < -0.4 is 9.13 Å². The molecule has 1 aliphatic heterocycles. The van der Waals surface area contributed by atoms with Crippen LogP contribution in [0.1, 0.15) is 0 Å². The van der Waals surface area contributed by atoms with Gasteiger partial charge in [0.2, 0.25) is 13.1 Å². The highest BCUT2D eigenvalue weighted by Crippen LogP contribution is 2.11. The second-order valence-electron chi connectivity index (χ2n) is 3.56. The lowest BCUT2D eigenvalue weighted by Gasteiger charge is -2.08. The third-order valence-electron chi connectivity index (χ3n) is 2.73. The Kier molecular flexibility index (Phi) is 6.52. The van der Waals surface area contributed by atoms with Gasteiger partial charge in [-0.2, -0.15) is 9.13 Å². The number of aromatic nitrogens is 2. The van der Waals surface area contributed by atoms with Gasteiger partial charge in [0.1, 0.15) is 0 Å². The minimum Gasteiger partial charge on any atom is -0.412 e. The van der Waals surface area contributed by atoms with E-state index in [1.807, 2.05) is 0 Å². The van der Waals surface area contributed by atoms with Crippen molar-refractivity contribution in [1.29, 1.82) is 0 Å². The van der Waals surface area contributed by atoms with Crippen LogP contribution in [0.2, 0.25) is 0 Å². The molecule has 0 aliphatic carbocycles. The molecule has 0 fully saturated rings. The third kappa shape index (κ3) is 2.91. The van der Waals surface area contributed by atoms with Gasteiger partial charge in [-0.15, -0.1) is 34.0 Å². The molecule has 1 aliphatic rings. The highest BCUT2D eigenvalue weighted by molar-refractivity contribution is 8.93. The highest BCUT2D eigenvalue weighted by Gasteiger charge is 2.27. The van der Waals surface area contributed by atoms with Gasteiger partial charge in [0, 0.05) is 24.3 Å². The fraction of sp³-hybridized carbons (Fsp3) is 0.167. The van der Waals surface area contributed by atoms with Crippen molar-refractivity contribution < 1.29 is 14.6 Å². The van der Waals surface area contributed by atoms with Crippen molar-refractivity contribution in [3.63, 3.8) is 0 Å². The summed E-state index contributed by atoms with van der Waals surface area (Å²) in [6.45, 7) is 2.13. The quantitative estimate of drug-likeness (QED) is 0.632. The molecule has 0 radical (unpaired) electrons. The van der Waals surface area contributed by atoms with Crippen molar-refractivity contribution in [2.24, 2.45) is 0 Å². The molecule has 17 heavy (non-hydrogen) atoms. The van der Waals surface area contributed by atoms with Crippen LogP contribution >= 0.6 is 34.0 Å². The first-order valence-corrected chi connectivity index (χ1v) is 4.92. The summed E-state index contributed by atoms with van der Waals surface area (Å²) in [7, 11) is 0. The van der Waals surface area contributed by atoms with Crippen LogP contribution in [-0.2, 0) is 13.1 Å². The number of fused-ring (bicyclic) bond motifs is 3. The summed E-state index contributed by atoms with van der Waals surface area (Å²) in [4.78, 5) is 0. The molecule has 5 heteroatoms. The normalized spacial score (nSPS) is 10.8. The van der Waals surface area contributed by atoms with Crippen LogP contribution in [0.5, 0.6) is 0 Å². The van der Waals surface area contributed by atoms with Gasteiger partial charge in [-0.25, -0.2) is 0 Å². The zero-order chi connectivity index (χ0) is 9.38. The molecule has 0 bridgehead atoms. The molecule has 3 nitrogen and oxygen atoms in total. The Bertz CT molecular complexity index is 446. The van der Waals surface area contributed by atoms with E-state index in [4.69, 9.17) is 0 Å². The average Bonchev–Trinajstić information content (AvgIpc) is 2.29. The molecular weight excluding hydrogens is 348 g/mol. The van der Waals surface area contributed by atoms with E-state index < -0.39 is 0 Å². The summed E-state index contributed by atoms with van der Waals surface area (Å²) in [5.74, 6) is 0. The van der Waals surface area contributed by atoms with E-state index in [1.165, 1.54) is 11.4 Å². The van der Waals surface area contributed by atoms with Crippen LogP contribution in [0, 0.1) is 0 Å². The summed E-state index contributed by atoms with van der Waals surface area (Å²) < 4.78 is 4.60. The predicted molar refractivity (Wildman–Crippen MR) is 76.5 cm³/mol. The Morgan fingerprint density at radius 1 is 0.706 bits per heavy atom. The van der Waals surface area contributed by atoms with Gasteiger partial charge >= 0.3 is 0 Å². The molecule has 0 saturated heterocycles. The first-order valence-electron chi connectivity index (χ1n) is 4.92. The van der Waals surface area contributed by atoms with Crippen molar-refractivity contribution in [3.8, 4) is 11.4 Å². The molecule has 0 aromatic carbocycles. The van der Waals surface area contributed by atoms with Gasteiger partial charge in [0.15, 0.2) is 12.4 Å². The molecule has 3 heterocycles. The van der Waals surface area contributed by atoms with E-state index in [0.717, 1.165) is 13.1 Å². The van der Waals surface area contributed by atoms with Crippen molar-refractivity contribution in [2.45, 2.75) is 13.1 Å². The summed E-state index contributed by atoms with van der Waals surface area (Å²) >= 11 is 0. The van der Waals surface area contributed by atoms with Crippen molar-refractivity contribution >= 4 is 34.0 Å². The van der Waals surface area contributed by atoms with Gasteiger partial charge in [0.05, 0.1) is 0 Å². The van der Waals surface area contributed by atoms with E-state index in [1.54, 1.807) is 0 Å². The average molecular weight is 364 g/mol. The Labute approximate surface area is 122 Å². The third-order valence-corrected chi connectivity index (χ3v) is 2.73. The zero-order valence-electron chi connectivity index (χ0n) is 9.24. The number of hydrogen-bond acceptors (Lipinski definition) is 0. The maximum Gasteiger partial charge on any atom is 0.277 e. The lowest BCUT2D eigenvalue weighted by Crippen LogP contribution is -2.52. The van der Waals surface area contributed by atoms with E-state index in [9.17, 15) is 0 Å². The van der Waals surface area contributed by atoms with Crippen LogP contribution in [-0.4, -0.2) is 5.48 Å².